The normalized spacial score (nSPS) is 17.0. The lowest BCUT2D eigenvalue weighted by Gasteiger charge is -2.42. The van der Waals surface area contributed by atoms with Crippen molar-refractivity contribution in [1.82, 2.24) is 5.32 Å². The molecule has 0 heterocycles. The van der Waals surface area contributed by atoms with Crippen LogP contribution in [0.5, 0.6) is 0 Å². The zero-order chi connectivity index (χ0) is 13.7. The van der Waals surface area contributed by atoms with Crippen LogP contribution in [0, 0.1) is 0 Å². The summed E-state index contributed by atoms with van der Waals surface area (Å²) in [5.74, 6) is 0. The first kappa shape index (κ1) is 14.4. The number of hydrogen-bond donors (Lipinski definition) is 1. The molecule has 0 atom stereocenters. The van der Waals surface area contributed by atoms with Crippen LogP contribution in [0.15, 0.2) is 24.3 Å². The Balaban J connectivity index is 1.91. The summed E-state index contributed by atoms with van der Waals surface area (Å²) in [6.45, 7) is 9.88. The first-order valence-corrected chi connectivity index (χ1v) is 7.82. The fourth-order valence-electron chi connectivity index (χ4n) is 2.96. The van der Waals surface area contributed by atoms with E-state index in [0.717, 1.165) is 19.6 Å². The van der Waals surface area contributed by atoms with Crippen LogP contribution in [0.25, 0.3) is 0 Å². The molecule has 1 aliphatic rings. The van der Waals surface area contributed by atoms with E-state index < -0.39 is 0 Å². The maximum absolute atomic E-state index is 3.76. The monoisotopic (exact) mass is 260 g/mol. The molecule has 0 aliphatic heterocycles. The minimum Gasteiger partial charge on any atom is -0.372 e. The highest BCUT2D eigenvalue weighted by molar-refractivity contribution is 5.47. The van der Waals surface area contributed by atoms with Gasteiger partial charge in [-0.05, 0) is 57.2 Å². The molecule has 0 spiro atoms. The molecule has 1 aliphatic carbocycles. The molecule has 0 unspecified atom stereocenters. The Bertz CT molecular complexity index is 369. The van der Waals surface area contributed by atoms with E-state index in [1.165, 1.54) is 36.9 Å². The van der Waals surface area contributed by atoms with Gasteiger partial charge in [0.25, 0.3) is 0 Å². The Kier molecular flexibility index (Phi) is 4.87. The average Bonchev–Trinajstić information content (AvgIpc) is 2.41. The second-order valence-electron chi connectivity index (χ2n) is 5.68. The smallest absolute Gasteiger partial charge is 0.0366 e. The molecule has 0 bridgehead atoms. The van der Waals surface area contributed by atoms with Crippen molar-refractivity contribution in [1.29, 1.82) is 0 Å². The molecule has 1 aromatic rings. The lowest BCUT2D eigenvalue weighted by molar-refractivity contribution is 0.175. The second-order valence-corrected chi connectivity index (χ2v) is 5.68. The van der Waals surface area contributed by atoms with Gasteiger partial charge in [-0.3, -0.25) is 0 Å². The SMILES string of the molecule is CCN(CC)c1ccc(CNC2(CC)CCC2)cc1. The van der Waals surface area contributed by atoms with E-state index in [9.17, 15) is 0 Å². The largest absolute Gasteiger partial charge is 0.372 e. The van der Waals surface area contributed by atoms with Crippen molar-refractivity contribution in [2.45, 2.75) is 58.5 Å². The van der Waals surface area contributed by atoms with Crippen LogP contribution in [0.3, 0.4) is 0 Å². The van der Waals surface area contributed by atoms with Crippen molar-refractivity contribution in [2.75, 3.05) is 18.0 Å². The summed E-state index contributed by atoms with van der Waals surface area (Å²) in [6, 6.07) is 9.04. The maximum atomic E-state index is 3.76. The lowest BCUT2D eigenvalue weighted by Crippen LogP contribution is -2.49. The van der Waals surface area contributed by atoms with Crippen LogP contribution >= 0.6 is 0 Å². The van der Waals surface area contributed by atoms with E-state index in [4.69, 9.17) is 0 Å². The topological polar surface area (TPSA) is 15.3 Å². The molecular weight excluding hydrogens is 232 g/mol. The third-order valence-electron chi connectivity index (χ3n) is 4.72. The lowest BCUT2D eigenvalue weighted by atomic mass is 9.75. The van der Waals surface area contributed by atoms with Crippen LogP contribution in [0.4, 0.5) is 5.69 Å². The molecule has 1 fully saturated rings. The number of anilines is 1. The first-order chi connectivity index (χ1) is 9.23. The summed E-state index contributed by atoms with van der Waals surface area (Å²) in [5.41, 5.74) is 3.18. The van der Waals surface area contributed by atoms with Gasteiger partial charge in [-0.1, -0.05) is 19.1 Å². The molecule has 1 aromatic carbocycles. The summed E-state index contributed by atoms with van der Waals surface area (Å²) < 4.78 is 0. The first-order valence-electron chi connectivity index (χ1n) is 7.82. The molecule has 1 saturated carbocycles. The highest BCUT2D eigenvalue weighted by Gasteiger charge is 2.34. The van der Waals surface area contributed by atoms with Gasteiger partial charge in [0.15, 0.2) is 0 Å². The molecular formula is C17H28N2. The third-order valence-corrected chi connectivity index (χ3v) is 4.72. The highest BCUT2D eigenvalue weighted by Crippen LogP contribution is 2.34. The van der Waals surface area contributed by atoms with Gasteiger partial charge in [-0.15, -0.1) is 0 Å². The minimum atomic E-state index is 0.442. The van der Waals surface area contributed by atoms with Gasteiger partial charge in [0.1, 0.15) is 0 Å². The summed E-state index contributed by atoms with van der Waals surface area (Å²) in [6.07, 6.45) is 5.34. The van der Waals surface area contributed by atoms with Crippen LogP contribution in [0.1, 0.15) is 52.0 Å². The molecule has 1 N–H and O–H groups in total. The number of nitrogens with one attached hydrogen (secondary N) is 1. The van der Waals surface area contributed by atoms with Crippen LogP contribution in [0.2, 0.25) is 0 Å². The zero-order valence-corrected chi connectivity index (χ0v) is 12.7. The Morgan fingerprint density at radius 2 is 1.68 bits per heavy atom. The fourth-order valence-corrected chi connectivity index (χ4v) is 2.96. The van der Waals surface area contributed by atoms with Gasteiger partial charge in [0.2, 0.25) is 0 Å². The van der Waals surface area contributed by atoms with Crippen molar-refractivity contribution < 1.29 is 0 Å². The summed E-state index contributed by atoms with van der Waals surface area (Å²) in [4.78, 5) is 2.39. The molecule has 0 saturated heterocycles. The quantitative estimate of drug-likeness (QED) is 0.798. The van der Waals surface area contributed by atoms with Crippen molar-refractivity contribution in [3.8, 4) is 0 Å². The van der Waals surface area contributed by atoms with Gasteiger partial charge in [-0.2, -0.15) is 0 Å². The molecule has 19 heavy (non-hydrogen) atoms. The summed E-state index contributed by atoms with van der Waals surface area (Å²) >= 11 is 0. The summed E-state index contributed by atoms with van der Waals surface area (Å²) in [5, 5.41) is 3.76. The number of benzene rings is 1. The Labute approximate surface area is 118 Å². The molecule has 2 heteroatoms. The van der Waals surface area contributed by atoms with Gasteiger partial charge in [0, 0.05) is 30.9 Å². The van der Waals surface area contributed by atoms with E-state index in [1.807, 2.05) is 0 Å². The van der Waals surface area contributed by atoms with Gasteiger partial charge in [-0.25, -0.2) is 0 Å². The Hall–Kier alpha value is -1.02. The second kappa shape index (κ2) is 6.42. The molecule has 106 valence electrons. The molecule has 0 aromatic heterocycles. The van der Waals surface area contributed by atoms with E-state index in [0.29, 0.717) is 5.54 Å². The predicted molar refractivity (Wildman–Crippen MR) is 83.7 cm³/mol. The number of nitrogens with zero attached hydrogens (tertiary/aromatic N) is 1. The van der Waals surface area contributed by atoms with E-state index in [-0.39, 0.29) is 0 Å². The fraction of sp³-hybridized carbons (Fsp3) is 0.647. The van der Waals surface area contributed by atoms with E-state index in [1.54, 1.807) is 0 Å². The van der Waals surface area contributed by atoms with Crippen LogP contribution < -0.4 is 10.2 Å². The Morgan fingerprint density at radius 1 is 1.05 bits per heavy atom. The number of rotatable bonds is 7. The van der Waals surface area contributed by atoms with Crippen molar-refractivity contribution in [3.63, 3.8) is 0 Å². The minimum absolute atomic E-state index is 0.442. The molecule has 2 rings (SSSR count). The van der Waals surface area contributed by atoms with E-state index in [2.05, 4.69) is 55.3 Å². The van der Waals surface area contributed by atoms with Crippen molar-refractivity contribution >= 4 is 5.69 Å². The van der Waals surface area contributed by atoms with Gasteiger partial charge < -0.3 is 10.2 Å². The zero-order valence-electron chi connectivity index (χ0n) is 12.7. The van der Waals surface area contributed by atoms with Crippen molar-refractivity contribution in [3.05, 3.63) is 29.8 Å². The molecule has 2 nitrogen and oxygen atoms in total. The summed E-state index contributed by atoms with van der Waals surface area (Å²) in [7, 11) is 0. The van der Waals surface area contributed by atoms with Crippen LogP contribution in [-0.2, 0) is 6.54 Å². The van der Waals surface area contributed by atoms with Crippen LogP contribution in [-0.4, -0.2) is 18.6 Å². The van der Waals surface area contributed by atoms with Gasteiger partial charge in [0.05, 0.1) is 0 Å². The van der Waals surface area contributed by atoms with E-state index >= 15 is 0 Å². The molecule has 0 radical (unpaired) electrons. The maximum Gasteiger partial charge on any atom is 0.0366 e. The molecule has 0 amide bonds. The average molecular weight is 260 g/mol. The predicted octanol–water partition coefficient (Wildman–Crippen LogP) is 3.96. The third kappa shape index (κ3) is 3.30. The standard InChI is InChI=1S/C17H28N2/c1-4-17(12-7-13-17)18-14-15-8-10-16(11-9-15)19(5-2)6-3/h8-11,18H,4-7,12-14H2,1-3H3. The highest BCUT2D eigenvalue weighted by atomic mass is 15.1. The number of hydrogen-bond acceptors (Lipinski definition) is 2. The Morgan fingerprint density at radius 3 is 2.11 bits per heavy atom. The van der Waals surface area contributed by atoms with Gasteiger partial charge >= 0.3 is 0 Å². The van der Waals surface area contributed by atoms with Crippen molar-refractivity contribution in [2.24, 2.45) is 0 Å².